The van der Waals surface area contributed by atoms with Gasteiger partial charge in [-0.15, -0.1) is 0 Å². The molecule has 1 fully saturated rings. The number of hydrogen-bond donors (Lipinski definition) is 1. The van der Waals surface area contributed by atoms with Crippen molar-refractivity contribution >= 4 is 22.6 Å². The van der Waals surface area contributed by atoms with E-state index in [0.717, 1.165) is 45.3 Å². The Kier molecular flexibility index (Phi) is 7.68. The van der Waals surface area contributed by atoms with Gasteiger partial charge in [-0.05, 0) is 61.2 Å². The zero-order valence-corrected chi connectivity index (χ0v) is 19.2. The van der Waals surface area contributed by atoms with Crippen molar-refractivity contribution in [2.75, 3.05) is 33.2 Å². The lowest BCUT2D eigenvalue weighted by Crippen LogP contribution is -2.55. The molecule has 33 heavy (non-hydrogen) atoms. The molecular weight excluding hydrogens is 412 g/mol. The third kappa shape index (κ3) is 5.96. The lowest BCUT2D eigenvalue weighted by Gasteiger charge is -2.39. The maximum atomic E-state index is 13.1. The van der Waals surface area contributed by atoms with E-state index in [-0.39, 0.29) is 17.9 Å². The summed E-state index contributed by atoms with van der Waals surface area (Å²) in [4.78, 5) is 33.4. The van der Waals surface area contributed by atoms with Gasteiger partial charge in [-0.25, -0.2) is 0 Å². The van der Waals surface area contributed by atoms with E-state index < -0.39 is 0 Å². The van der Waals surface area contributed by atoms with Crippen LogP contribution in [0.5, 0.6) is 0 Å². The first-order valence-electron chi connectivity index (χ1n) is 11.8. The first-order chi connectivity index (χ1) is 16.1. The highest BCUT2D eigenvalue weighted by Gasteiger charge is 2.31. The molecule has 0 radical (unpaired) electrons. The van der Waals surface area contributed by atoms with E-state index in [9.17, 15) is 9.59 Å². The summed E-state index contributed by atoms with van der Waals surface area (Å²) in [7, 11) is 2.04. The number of fused-ring (bicyclic) bond motifs is 1. The molecule has 3 aromatic rings. The van der Waals surface area contributed by atoms with E-state index in [1.54, 1.807) is 24.5 Å². The molecule has 0 bridgehead atoms. The number of carbonyl (C=O) groups is 2. The number of amides is 2. The van der Waals surface area contributed by atoms with Gasteiger partial charge in [-0.1, -0.05) is 42.5 Å². The monoisotopic (exact) mass is 444 g/mol. The SMILES string of the molecule is CN1CCN(CCc2ccc3ccccc3c2)C(=O)[C@@H]1CCCCNC(=O)c1cccnc1. The van der Waals surface area contributed by atoms with Crippen LogP contribution < -0.4 is 5.32 Å². The second-order valence-corrected chi connectivity index (χ2v) is 8.75. The Morgan fingerprint density at radius 2 is 1.91 bits per heavy atom. The molecule has 1 atom stereocenters. The quantitative estimate of drug-likeness (QED) is 0.513. The molecule has 4 rings (SSSR count). The minimum absolute atomic E-state index is 0.0793. The van der Waals surface area contributed by atoms with Crippen LogP contribution in [-0.4, -0.2) is 65.9 Å². The zero-order chi connectivity index (χ0) is 23.0. The summed E-state index contributed by atoms with van der Waals surface area (Å²) in [5.41, 5.74) is 1.84. The average Bonchev–Trinajstić information content (AvgIpc) is 2.85. The fourth-order valence-electron chi connectivity index (χ4n) is 4.43. The molecule has 2 amide bonds. The molecule has 6 nitrogen and oxygen atoms in total. The van der Waals surface area contributed by atoms with Gasteiger partial charge in [0.05, 0.1) is 11.6 Å². The Labute approximate surface area is 195 Å². The minimum Gasteiger partial charge on any atom is -0.352 e. The second-order valence-electron chi connectivity index (χ2n) is 8.75. The molecule has 2 heterocycles. The second kappa shape index (κ2) is 11.1. The maximum Gasteiger partial charge on any atom is 0.252 e. The first-order valence-corrected chi connectivity index (χ1v) is 11.8. The predicted octanol–water partition coefficient (Wildman–Crippen LogP) is 3.52. The molecule has 0 aliphatic carbocycles. The number of pyridine rings is 1. The van der Waals surface area contributed by atoms with Crippen LogP contribution >= 0.6 is 0 Å². The van der Waals surface area contributed by atoms with E-state index in [2.05, 4.69) is 57.7 Å². The number of nitrogens with one attached hydrogen (secondary N) is 1. The molecule has 1 saturated heterocycles. The Morgan fingerprint density at radius 3 is 2.73 bits per heavy atom. The number of nitrogens with zero attached hydrogens (tertiary/aromatic N) is 3. The van der Waals surface area contributed by atoms with Gasteiger partial charge in [-0.2, -0.15) is 0 Å². The number of rotatable bonds is 9. The first kappa shape index (κ1) is 22.9. The Balaban J connectivity index is 1.23. The van der Waals surface area contributed by atoms with Crippen molar-refractivity contribution in [3.05, 3.63) is 78.1 Å². The lowest BCUT2D eigenvalue weighted by molar-refractivity contribution is -0.141. The van der Waals surface area contributed by atoms with Gasteiger partial charge in [0.2, 0.25) is 5.91 Å². The smallest absolute Gasteiger partial charge is 0.252 e. The summed E-state index contributed by atoms with van der Waals surface area (Å²) in [5.74, 6) is 0.123. The molecule has 0 saturated carbocycles. The van der Waals surface area contributed by atoms with E-state index in [0.29, 0.717) is 12.1 Å². The van der Waals surface area contributed by atoms with Gasteiger partial charge in [-0.3, -0.25) is 19.5 Å². The van der Waals surface area contributed by atoms with Gasteiger partial charge in [0, 0.05) is 38.6 Å². The number of hydrogen-bond acceptors (Lipinski definition) is 4. The summed E-state index contributed by atoms with van der Waals surface area (Å²) >= 11 is 0. The van der Waals surface area contributed by atoms with Gasteiger partial charge in [0.15, 0.2) is 0 Å². The maximum absolute atomic E-state index is 13.1. The average molecular weight is 445 g/mol. The van der Waals surface area contributed by atoms with Crippen LogP contribution in [0.1, 0.15) is 35.2 Å². The summed E-state index contributed by atoms with van der Waals surface area (Å²) in [6.07, 6.45) is 6.64. The van der Waals surface area contributed by atoms with Crippen molar-refractivity contribution in [3.8, 4) is 0 Å². The van der Waals surface area contributed by atoms with Gasteiger partial charge in [0.1, 0.15) is 0 Å². The number of benzene rings is 2. The van der Waals surface area contributed by atoms with Crippen LogP contribution in [0.25, 0.3) is 10.8 Å². The molecule has 2 aromatic carbocycles. The highest BCUT2D eigenvalue weighted by molar-refractivity contribution is 5.93. The molecule has 172 valence electrons. The number of carbonyl (C=O) groups excluding carboxylic acids is 2. The van der Waals surface area contributed by atoms with Gasteiger partial charge in [0.25, 0.3) is 5.91 Å². The van der Waals surface area contributed by atoms with E-state index in [1.165, 1.54) is 16.3 Å². The Bertz CT molecular complexity index is 1090. The lowest BCUT2D eigenvalue weighted by atomic mass is 10.0. The molecule has 1 aromatic heterocycles. The highest BCUT2D eigenvalue weighted by atomic mass is 16.2. The van der Waals surface area contributed by atoms with E-state index in [4.69, 9.17) is 0 Å². The van der Waals surface area contributed by atoms with Crippen molar-refractivity contribution in [3.63, 3.8) is 0 Å². The summed E-state index contributed by atoms with van der Waals surface area (Å²) in [6, 6.07) is 18.4. The standard InChI is InChI=1S/C27H32N4O2/c1-30-17-18-31(16-13-21-11-12-22-7-2-3-8-23(22)19-21)27(33)25(30)10-4-5-15-29-26(32)24-9-6-14-28-20-24/h2-3,6-9,11-12,14,19-20,25H,4-5,10,13,15-18H2,1H3,(H,29,32)/t25-/m0/s1. The number of aromatic nitrogens is 1. The van der Waals surface area contributed by atoms with Crippen LogP contribution in [-0.2, 0) is 11.2 Å². The Hall–Kier alpha value is -3.25. The molecule has 0 spiro atoms. The summed E-state index contributed by atoms with van der Waals surface area (Å²) in [6.45, 7) is 3.03. The molecule has 1 N–H and O–H groups in total. The fraction of sp³-hybridized carbons (Fsp3) is 0.370. The van der Waals surface area contributed by atoms with Crippen molar-refractivity contribution in [1.82, 2.24) is 20.1 Å². The van der Waals surface area contributed by atoms with Crippen molar-refractivity contribution < 1.29 is 9.59 Å². The molecule has 1 aliphatic heterocycles. The third-order valence-electron chi connectivity index (χ3n) is 6.45. The van der Waals surface area contributed by atoms with E-state index >= 15 is 0 Å². The zero-order valence-electron chi connectivity index (χ0n) is 19.2. The summed E-state index contributed by atoms with van der Waals surface area (Å²) < 4.78 is 0. The Morgan fingerprint density at radius 1 is 1.06 bits per heavy atom. The van der Waals surface area contributed by atoms with Gasteiger partial charge >= 0.3 is 0 Å². The van der Waals surface area contributed by atoms with Crippen LogP contribution in [0, 0.1) is 0 Å². The minimum atomic E-state index is -0.103. The van der Waals surface area contributed by atoms with Crippen LogP contribution in [0.2, 0.25) is 0 Å². The predicted molar refractivity (Wildman–Crippen MR) is 131 cm³/mol. The highest BCUT2D eigenvalue weighted by Crippen LogP contribution is 2.19. The fourth-order valence-corrected chi connectivity index (χ4v) is 4.43. The van der Waals surface area contributed by atoms with E-state index in [1.807, 2.05) is 11.9 Å². The molecule has 0 unspecified atom stereocenters. The van der Waals surface area contributed by atoms with Crippen molar-refractivity contribution in [1.29, 1.82) is 0 Å². The largest absolute Gasteiger partial charge is 0.352 e. The molecular formula is C27H32N4O2. The normalized spacial score (nSPS) is 16.8. The van der Waals surface area contributed by atoms with Gasteiger partial charge < -0.3 is 10.2 Å². The summed E-state index contributed by atoms with van der Waals surface area (Å²) in [5, 5.41) is 5.42. The number of piperazine rings is 1. The van der Waals surface area contributed by atoms with Crippen LogP contribution in [0.15, 0.2) is 67.0 Å². The van der Waals surface area contributed by atoms with Crippen LogP contribution in [0.4, 0.5) is 0 Å². The molecule has 6 heteroatoms. The van der Waals surface area contributed by atoms with Crippen molar-refractivity contribution in [2.45, 2.75) is 31.7 Å². The number of likely N-dealkylation sites (N-methyl/N-ethyl adjacent to an activating group) is 1. The van der Waals surface area contributed by atoms with Crippen molar-refractivity contribution in [2.24, 2.45) is 0 Å². The number of unbranched alkanes of at least 4 members (excludes halogenated alkanes) is 1. The van der Waals surface area contributed by atoms with Crippen LogP contribution in [0.3, 0.4) is 0 Å². The topological polar surface area (TPSA) is 65.5 Å². The molecule has 1 aliphatic rings. The third-order valence-corrected chi connectivity index (χ3v) is 6.45.